The predicted octanol–water partition coefficient (Wildman–Crippen LogP) is 2.88. The second kappa shape index (κ2) is 6.76. The Kier molecular flexibility index (Phi) is 5.58. The van der Waals surface area contributed by atoms with Crippen LogP contribution in [0.4, 0.5) is 0 Å². The highest BCUT2D eigenvalue weighted by Crippen LogP contribution is 2.29. The van der Waals surface area contributed by atoms with Crippen LogP contribution in [0, 0.1) is 32.1 Å². The molecule has 0 radical (unpaired) electrons. The molecule has 0 bridgehead atoms. The third kappa shape index (κ3) is 3.73. The molecule has 1 heterocycles. The Morgan fingerprint density at radius 2 is 1.85 bits per heavy atom. The van der Waals surface area contributed by atoms with Crippen LogP contribution >= 0.6 is 11.8 Å². The van der Waals surface area contributed by atoms with Crippen molar-refractivity contribution in [3.63, 3.8) is 0 Å². The average molecular weight is 291 g/mol. The lowest BCUT2D eigenvalue weighted by Gasteiger charge is -2.16. The van der Waals surface area contributed by atoms with Crippen molar-refractivity contribution in [2.75, 3.05) is 0 Å². The smallest absolute Gasteiger partial charge is 0.233 e. The lowest BCUT2D eigenvalue weighted by Crippen LogP contribution is -2.36. The third-order valence-electron chi connectivity index (χ3n) is 3.16. The summed E-state index contributed by atoms with van der Waals surface area (Å²) in [6, 6.07) is 2.31. The number of pyridine rings is 1. The largest absolute Gasteiger partial charge is 0.353 e. The van der Waals surface area contributed by atoms with Crippen LogP contribution in [0.5, 0.6) is 0 Å². The van der Waals surface area contributed by atoms with Gasteiger partial charge < -0.3 is 5.32 Å². The zero-order valence-electron chi connectivity index (χ0n) is 12.9. The zero-order chi connectivity index (χ0) is 15.4. The highest BCUT2D eigenvalue weighted by molar-refractivity contribution is 8.00. The summed E-state index contributed by atoms with van der Waals surface area (Å²) in [5.41, 5.74) is 3.45. The van der Waals surface area contributed by atoms with Gasteiger partial charge in [-0.3, -0.25) is 4.79 Å². The first-order valence-corrected chi connectivity index (χ1v) is 7.50. The van der Waals surface area contributed by atoms with E-state index in [2.05, 4.69) is 16.4 Å². The summed E-state index contributed by atoms with van der Waals surface area (Å²) in [5.74, 6) is -0.0356. The van der Waals surface area contributed by atoms with Gasteiger partial charge in [-0.2, -0.15) is 5.26 Å². The van der Waals surface area contributed by atoms with E-state index >= 15 is 0 Å². The van der Waals surface area contributed by atoms with Gasteiger partial charge in [0.1, 0.15) is 11.1 Å². The molecule has 0 unspecified atom stereocenters. The molecule has 1 atom stereocenters. The molecule has 0 aliphatic carbocycles. The first-order chi connectivity index (χ1) is 9.27. The van der Waals surface area contributed by atoms with Crippen LogP contribution in [-0.2, 0) is 4.79 Å². The van der Waals surface area contributed by atoms with Gasteiger partial charge in [-0.05, 0) is 52.7 Å². The van der Waals surface area contributed by atoms with Crippen molar-refractivity contribution in [1.82, 2.24) is 10.3 Å². The Morgan fingerprint density at radius 1 is 1.25 bits per heavy atom. The fourth-order valence-corrected chi connectivity index (χ4v) is 2.77. The fourth-order valence-electron chi connectivity index (χ4n) is 1.75. The molecule has 5 heteroatoms. The van der Waals surface area contributed by atoms with Crippen LogP contribution in [0.3, 0.4) is 0 Å². The van der Waals surface area contributed by atoms with E-state index in [1.807, 2.05) is 41.5 Å². The van der Waals surface area contributed by atoms with Gasteiger partial charge in [0, 0.05) is 11.7 Å². The van der Waals surface area contributed by atoms with Crippen LogP contribution < -0.4 is 5.32 Å². The molecule has 1 amide bonds. The van der Waals surface area contributed by atoms with Crippen molar-refractivity contribution in [1.29, 1.82) is 5.26 Å². The first kappa shape index (κ1) is 16.5. The predicted molar refractivity (Wildman–Crippen MR) is 81.8 cm³/mol. The van der Waals surface area contributed by atoms with E-state index in [-0.39, 0.29) is 17.2 Å². The monoisotopic (exact) mass is 291 g/mol. The number of carbonyl (C=O) groups is 1. The Hall–Kier alpha value is -1.54. The Balaban J connectivity index is 3.04. The van der Waals surface area contributed by atoms with E-state index in [0.29, 0.717) is 10.6 Å². The molecule has 1 rings (SSSR count). The van der Waals surface area contributed by atoms with Crippen molar-refractivity contribution in [2.45, 2.75) is 57.9 Å². The van der Waals surface area contributed by atoms with E-state index in [1.54, 1.807) is 0 Å². The summed E-state index contributed by atoms with van der Waals surface area (Å²) in [5, 5.41) is 12.5. The maximum absolute atomic E-state index is 12.0. The van der Waals surface area contributed by atoms with Gasteiger partial charge in [-0.25, -0.2) is 4.98 Å². The number of hydrogen-bond donors (Lipinski definition) is 1. The van der Waals surface area contributed by atoms with Crippen LogP contribution in [0.2, 0.25) is 0 Å². The van der Waals surface area contributed by atoms with Crippen LogP contribution in [0.25, 0.3) is 0 Å². The molecule has 20 heavy (non-hydrogen) atoms. The second-order valence-corrected chi connectivity index (χ2v) is 6.49. The Labute approximate surface area is 125 Å². The molecule has 1 aromatic heterocycles. The van der Waals surface area contributed by atoms with Gasteiger partial charge in [0.05, 0.1) is 10.8 Å². The van der Waals surface area contributed by atoms with Gasteiger partial charge in [0.15, 0.2) is 0 Å². The number of thioether (sulfide) groups is 1. The summed E-state index contributed by atoms with van der Waals surface area (Å²) in [7, 11) is 0. The van der Waals surface area contributed by atoms with E-state index in [9.17, 15) is 10.1 Å². The second-order valence-electron chi connectivity index (χ2n) is 5.16. The lowest BCUT2D eigenvalue weighted by molar-refractivity contribution is -0.120. The van der Waals surface area contributed by atoms with Crippen molar-refractivity contribution >= 4 is 17.7 Å². The van der Waals surface area contributed by atoms with E-state index in [0.717, 1.165) is 16.8 Å². The molecule has 108 valence electrons. The number of carbonyl (C=O) groups excluding carboxylic acids is 1. The zero-order valence-corrected chi connectivity index (χ0v) is 13.7. The molecular formula is C15H21N3OS. The van der Waals surface area contributed by atoms with Crippen molar-refractivity contribution < 1.29 is 4.79 Å². The molecule has 0 fully saturated rings. The normalized spacial score (nSPS) is 12.1. The summed E-state index contributed by atoms with van der Waals surface area (Å²) in [6.07, 6.45) is 0. The molecule has 0 spiro atoms. The standard InChI is InChI=1S/C15H21N3OS/c1-8(2)17-14(19)12(6)20-15-13(7-16)10(4)9(3)11(5)18-15/h8,12H,1-6H3,(H,17,19)/t12-/m1/s1. The van der Waals surface area contributed by atoms with E-state index < -0.39 is 0 Å². The molecular weight excluding hydrogens is 270 g/mol. The molecule has 0 saturated carbocycles. The highest BCUT2D eigenvalue weighted by atomic mass is 32.2. The van der Waals surface area contributed by atoms with Gasteiger partial charge >= 0.3 is 0 Å². The number of aromatic nitrogens is 1. The van der Waals surface area contributed by atoms with Crippen molar-refractivity contribution in [3.8, 4) is 6.07 Å². The SMILES string of the molecule is Cc1nc(S[C@H](C)C(=O)NC(C)C)c(C#N)c(C)c1C. The third-order valence-corrected chi connectivity index (χ3v) is 4.25. The summed E-state index contributed by atoms with van der Waals surface area (Å²) in [6.45, 7) is 11.5. The summed E-state index contributed by atoms with van der Waals surface area (Å²) >= 11 is 1.34. The number of amides is 1. The molecule has 1 N–H and O–H groups in total. The summed E-state index contributed by atoms with van der Waals surface area (Å²) < 4.78 is 0. The molecule has 0 aromatic carbocycles. The number of nitrogens with zero attached hydrogens (tertiary/aromatic N) is 2. The average Bonchev–Trinajstić information content (AvgIpc) is 2.35. The first-order valence-electron chi connectivity index (χ1n) is 6.62. The fraction of sp³-hybridized carbons (Fsp3) is 0.533. The lowest BCUT2D eigenvalue weighted by atomic mass is 10.1. The topological polar surface area (TPSA) is 65.8 Å². The van der Waals surface area contributed by atoms with Gasteiger partial charge in [0.25, 0.3) is 0 Å². The quantitative estimate of drug-likeness (QED) is 0.866. The Morgan fingerprint density at radius 3 is 2.35 bits per heavy atom. The van der Waals surface area contributed by atoms with E-state index in [4.69, 9.17) is 0 Å². The van der Waals surface area contributed by atoms with Gasteiger partial charge in [0.2, 0.25) is 5.91 Å². The van der Waals surface area contributed by atoms with Crippen LogP contribution in [0.15, 0.2) is 5.03 Å². The van der Waals surface area contributed by atoms with Gasteiger partial charge in [-0.15, -0.1) is 0 Å². The highest BCUT2D eigenvalue weighted by Gasteiger charge is 2.20. The van der Waals surface area contributed by atoms with E-state index in [1.165, 1.54) is 11.8 Å². The van der Waals surface area contributed by atoms with Crippen molar-refractivity contribution in [2.24, 2.45) is 0 Å². The van der Waals surface area contributed by atoms with Crippen LogP contribution in [0.1, 0.15) is 43.2 Å². The molecule has 1 aromatic rings. The minimum atomic E-state index is -0.279. The number of hydrogen-bond acceptors (Lipinski definition) is 4. The number of aryl methyl sites for hydroxylation is 1. The molecule has 0 aliphatic rings. The molecule has 4 nitrogen and oxygen atoms in total. The van der Waals surface area contributed by atoms with Gasteiger partial charge in [-0.1, -0.05) is 11.8 Å². The minimum absolute atomic E-state index is 0.0356. The Bertz CT molecular complexity index is 561. The maximum Gasteiger partial charge on any atom is 0.233 e. The minimum Gasteiger partial charge on any atom is -0.353 e. The number of nitriles is 1. The number of rotatable bonds is 4. The number of nitrogens with one attached hydrogen (secondary N) is 1. The maximum atomic E-state index is 12.0. The summed E-state index contributed by atoms with van der Waals surface area (Å²) in [4.78, 5) is 16.4. The van der Waals surface area contributed by atoms with Crippen molar-refractivity contribution in [3.05, 3.63) is 22.4 Å². The molecule has 0 aliphatic heterocycles. The molecule has 0 saturated heterocycles. The van der Waals surface area contributed by atoms with Crippen LogP contribution in [-0.4, -0.2) is 22.2 Å².